The molecular formula is C14H26N2O2. The third kappa shape index (κ3) is 2.79. The van der Waals surface area contributed by atoms with E-state index in [0.717, 1.165) is 19.6 Å². The molecule has 0 aromatic heterocycles. The highest BCUT2D eigenvalue weighted by Crippen LogP contribution is 2.39. The van der Waals surface area contributed by atoms with Crippen molar-refractivity contribution in [2.75, 3.05) is 19.6 Å². The molecular weight excluding hydrogens is 228 g/mol. The summed E-state index contributed by atoms with van der Waals surface area (Å²) < 4.78 is 5.48. The lowest BCUT2D eigenvalue weighted by atomic mass is 9.71. The Kier molecular flexibility index (Phi) is 3.34. The number of hydrogen-bond donors (Lipinski definition) is 1. The quantitative estimate of drug-likeness (QED) is 0.721. The summed E-state index contributed by atoms with van der Waals surface area (Å²) in [5.41, 5.74) is -0.0564. The first-order valence-electron chi connectivity index (χ1n) is 6.91. The molecule has 0 aliphatic carbocycles. The molecule has 2 fully saturated rings. The zero-order valence-electron chi connectivity index (χ0n) is 12.2. The van der Waals surface area contributed by atoms with Crippen LogP contribution in [-0.2, 0) is 4.74 Å². The smallest absolute Gasteiger partial charge is 0.410 e. The average molecular weight is 254 g/mol. The fourth-order valence-corrected chi connectivity index (χ4v) is 3.10. The minimum absolute atomic E-state index is 0.174. The van der Waals surface area contributed by atoms with Gasteiger partial charge in [0.05, 0.1) is 0 Å². The summed E-state index contributed by atoms with van der Waals surface area (Å²) in [6.45, 7) is 12.9. The number of nitrogens with zero attached hydrogens (tertiary/aromatic N) is 1. The summed E-state index contributed by atoms with van der Waals surface area (Å²) in [7, 11) is 0. The van der Waals surface area contributed by atoms with E-state index in [2.05, 4.69) is 19.2 Å². The van der Waals surface area contributed by atoms with Crippen molar-refractivity contribution in [1.29, 1.82) is 0 Å². The van der Waals surface area contributed by atoms with E-state index in [4.69, 9.17) is 4.74 Å². The Hall–Kier alpha value is -0.770. The van der Waals surface area contributed by atoms with Crippen LogP contribution in [-0.4, -0.2) is 42.3 Å². The van der Waals surface area contributed by atoms with Crippen molar-refractivity contribution in [2.45, 2.75) is 52.7 Å². The minimum Gasteiger partial charge on any atom is -0.444 e. The van der Waals surface area contributed by atoms with Crippen LogP contribution in [0, 0.1) is 11.3 Å². The maximum atomic E-state index is 12.2. The predicted molar refractivity (Wildman–Crippen MR) is 71.5 cm³/mol. The first-order valence-corrected chi connectivity index (χ1v) is 6.91. The molecule has 0 saturated carbocycles. The van der Waals surface area contributed by atoms with Gasteiger partial charge in [-0.3, -0.25) is 0 Å². The number of hydrogen-bond acceptors (Lipinski definition) is 3. The van der Waals surface area contributed by atoms with E-state index >= 15 is 0 Å². The molecule has 2 aliphatic heterocycles. The van der Waals surface area contributed by atoms with Crippen LogP contribution in [0.1, 0.15) is 41.0 Å². The first kappa shape index (κ1) is 13.7. The SMILES string of the molecule is CC1CN(C(=O)OC(C)(C)C)CC2NCC2(C)C1. The summed E-state index contributed by atoms with van der Waals surface area (Å²) in [6.07, 6.45) is 1.01. The molecule has 18 heavy (non-hydrogen) atoms. The lowest BCUT2D eigenvalue weighted by molar-refractivity contribution is 0.0177. The molecule has 2 rings (SSSR count). The molecule has 2 heterocycles. The van der Waals surface area contributed by atoms with Gasteiger partial charge in [-0.25, -0.2) is 4.79 Å². The molecule has 1 N–H and O–H groups in total. The standard InChI is InChI=1S/C14H26N2O2/c1-10-6-14(5)9-15-11(14)8-16(7-10)12(17)18-13(2,3)4/h10-11,15H,6-9H2,1-5H3. The van der Waals surface area contributed by atoms with Gasteiger partial charge in [-0.15, -0.1) is 0 Å². The van der Waals surface area contributed by atoms with Crippen molar-refractivity contribution in [2.24, 2.45) is 11.3 Å². The Morgan fingerprint density at radius 3 is 2.56 bits per heavy atom. The van der Waals surface area contributed by atoms with Crippen LogP contribution in [0.5, 0.6) is 0 Å². The molecule has 2 saturated heterocycles. The minimum atomic E-state index is -0.414. The lowest BCUT2D eigenvalue weighted by Crippen LogP contribution is -2.64. The maximum Gasteiger partial charge on any atom is 0.410 e. The molecule has 4 nitrogen and oxygen atoms in total. The monoisotopic (exact) mass is 254 g/mol. The fourth-order valence-electron chi connectivity index (χ4n) is 3.10. The molecule has 0 bridgehead atoms. The lowest BCUT2D eigenvalue weighted by Gasteiger charge is -2.48. The second-order valence-corrected chi connectivity index (χ2v) is 7.28. The van der Waals surface area contributed by atoms with E-state index < -0.39 is 5.60 Å². The molecule has 0 aromatic carbocycles. The van der Waals surface area contributed by atoms with Crippen molar-refractivity contribution in [3.8, 4) is 0 Å². The van der Waals surface area contributed by atoms with Crippen molar-refractivity contribution in [3.63, 3.8) is 0 Å². The van der Waals surface area contributed by atoms with Gasteiger partial charge in [0.15, 0.2) is 0 Å². The summed E-state index contributed by atoms with van der Waals surface area (Å²) in [5.74, 6) is 0.537. The van der Waals surface area contributed by atoms with E-state index in [-0.39, 0.29) is 6.09 Å². The van der Waals surface area contributed by atoms with Crippen LogP contribution < -0.4 is 5.32 Å². The zero-order chi connectivity index (χ0) is 13.6. The fraction of sp³-hybridized carbons (Fsp3) is 0.929. The molecule has 0 aromatic rings. The van der Waals surface area contributed by atoms with Crippen molar-refractivity contribution < 1.29 is 9.53 Å². The first-order chi connectivity index (χ1) is 8.20. The van der Waals surface area contributed by atoms with Gasteiger partial charge in [-0.05, 0) is 38.5 Å². The highest BCUT2D eigenvalue weighted by molar-refractivity contribution is 5.68. The van der Waals surface area contributed by atoms with Crippen LogP contribution in [0.25, 0.3) is 0 Å². The Bertz CT molecular complexity index is 337. The van der Waals surface area contributed by atoms with E-state index in [1.54, 1.807) is 0 Å². The maximum absolute atomic E-state index is 12.2. The third-order valence-electron chi connectivity index (χ3n) is 4.00. The van der Waals surface area contributed by atoms with Gasteiger partial charge in [0.2, 0.25) is 0 Å². The molecule has 0 radical (unpaired) electrons. The Labute approximate surface area is 110 Å². The Morgan fingerprint density at radius 1 is 1.39 bits per heavy atom. The van der Waals surface area contributed by atoms with Crippen LogP contribution in [0.3, 0.4) is 0 Å². The summed E-state index contributed by atoms with van der Waals surface area (Å²) in [6, 6.07) is 0.426. The van der Waals surface area contributed by atoms with Gasteiger partial charge < -0.3 is 15.0 Å². The molecule has 1 amide bonds. The average Bonchev–Trinajstić information content (AvgIpc) is 2.26. The molecule has 104 valence electrons. The number of likely N-dealkylation sites (tertiary alicyclic amines) is 1. The summed E-state index contributed by atoms with van der Waals surface area (Å²) >= 11 is 0. The van der Waals surface area contributed by atoms with Gasteiger partial charge in [0, 0.05) is 25.7 Å². The van der Waals surface area contributed by atoms with E-state index in [1.807, 2.05) is 25.7 Å². The molecule has 0 spiro atoms. The summed E-state index contributed by atoms with van der Waals surface area (Å²) in [5, 5.41) is 3.45. The van der Waals surface area contributed by atoms with Crippen molar-refractivity contribution in [3.05, 3.63) is 0 Å². The number of carbonyl (C=O) groups excluding carboxylic acids is 1. The number of fused-ring (bicyclic) bond motifs is 1. The molecule has 3 atom stereocenters. The topological polar surface area (TPSA) is 41.6 Å². The Morgan fingerprint density at radius 2 is 2.06 bits per heavy atom. The normalized spacial score (nSPS) is 36.4. The molecule has 3 unspecified atom stereocenters. The third-order valence-corrected chi connectivity index (χ3v) is 4.00. The van der Waals surface area contributed by atoms with E-state index in [1.165, 1.54) is 6.42 Å². The van der Waals surface area contributed by atoms with Crippen molar-refractivity contribution >= 4 is 6.09 Å². The van der Waals surface area contributed by atoms with Crippen LogP contribution in [0.15, 0.2) is 0 Å². The van der Waals surface area contributed by atoms with E-state index in [9.17, 15) is 4.79 Å². The molecule has 4 heteroatoms. The van der Waals surface area contributed by atoms with Gasteiger partial charge in [-0.1, -0.05) is 13.8 Å². The second kappa shape index (κ2) is 4.41. The predicted octanol–water partition coefficient (Wildman–Crippen LogP) is 2.24. The molecule has 2 aliphatic rings. The zero-order valence-corrected chi connectivity index (χ0v) is 12.2. The number of amides is 1. The van der Waals surface area contributed by atoms with Crippen LogP contribution in [0.2, 0.25) is 0 Å². The largest absolute Gasteiger partial charge is 0.444 e. The van der Waals surface area contributed by atoms with Crippen LogP contribution in [0.4, 0.5) is 4.79 Å². The highest BCUT2D eigenvalue weighted by Gasteiger charge is 2.47. The second-order valence-electron chi connectivity index (χ2n) is 7.28. The van der Waals surface area contributed by atoms with Gasteiger partial charge in [0.25, 0.3) is 0 Å². The summed E-state index contributed by atoms with van der Waals surface area (Å²) in [4.78, 5) is 14.0. The number of nitrogens with one attached hydrogen (secondary N) is 1. The number of carbonyl (C=O) groups is 1. The van der Waals surface area contributed by atoms with Crippen molar-refractivity contribution in [1.82, 2.24) is 10.2 Å². The highest BCUT2D eigenvalue weighted by atomic mass is 16.6. The van der Waals surface area contributed by atoms with Gasteiger partial charge in [-0.2, -0.15) is 0 Å². The number of ether oxygens (including phenoxy) is 1. The van der Waals surface area contributed by atoms with Gasteiger partial charge in [0.1, 0.15) is 5.60 Å². The Balaban J connectivity index is 2.03. The van der Waals surface area contributed by atoms with Crippen LogP contribution >= 0.6 is 0 Å². The van der Waals surface area contributed by atoms with E-state index in [0.29, 0.717) is 17.4 Å². The number of rotatable bonds is 0. The van der Waals surface area contributed by atoms with Gasteiger partial charge >= 0.3 is 6.09 Å².